The fraction of sp³-hybridized carbons (Fsp3) is 0.222. The zero-order chi connectivity index (χ0) is 21.4. The number of amides is 1. The second-order valence-electron chi connectivity index (χ2n) is 8.28. The van der Waals surface area contributed by atoms with Crippen molar-refractivity contribution in [3.63, 3.8) is 0 Å². The molecule has 0 bridgehead atoms. The highest BCUT2D eigenvalue weighted by molar-refractivity contribution is 8.00. The molecule has 0 N–H and O–H groups in total. The summed E-state index contributed by atoms with van der Waals surface area (Å²) in [5.74, 6) is 0.632. The van der Waals surface area contributed by atoms with E-state index in [0.29, 0.717) is 5.75 Å². The number of benzene rings is 3. The fourth-order valence-electron chi connectivity index (χ4n) is 4.43. The van der Waals surface area contributed by atoms with E-state index in [9.17, 15) is 4.79 Å². The first-order valence-corrected chi connectivity index (χ1v) is 11.7. The molecule has 0 unspecified atom stereocenters. The van der Waals surface area contributed by atoms with Gasteiger partial charge in [-0.15, -0.1) is 11.8 Å². The number of hydrogen-bond acceptors (Lipinski definition) is 2. The lowest BCUT2D eigenvalue weighted by atomic mass is 10.1. The van der Waals surface area contributed by atoms with Gasteiger partial charge >= 0.3 is 0 Å². The number of fused-ring (bicyclic) bond motifs is 2. The van der Waals surface area contributed by atoms with Gasteiger partial charge in [-0.1, -0.05) is 60.2 Å². The number of thioether (sulfide) groups is 1. The molecule has 3 aromatic carbocycles. The van der Waals surface area contributed by atoms with E-state index in [-0.39, 0.29) is 5.91 Å². The topological polar surface area (TPSA) is 25.2 Å². The molecule has 2 heterocycles. The first kappa shape index (κ1) is 20.0. The SMILES string of the molecule is Cc1ccc(C)c(Cn2cc(SCC(=O)N3CCc4ccccc43)c3ccccc32)c1. The smallest absolute Gasteiger partial charge is 0.237 e. The Labute approximate surface area is 187 Å². The first-order valence-electron chi connectivity index (χ1n) is 10.8. The number of aryl methyl sites for hydroxylation is 2. The van der Waals surface area contributed by atoms with Crippen molar-refractivity contribution in [3.8, 4) is 0 Å². The van der Waals surface area contributed by atoms with Crippen LogP contribution in [0.2, 0.25) is 0 Å². The minimum absolute atomic E-state index is 0.182. The third-order valence-corrected chi connectivity index (χ3v) is 7.16. The molecular formula is C27H26N2OS. The van der Waals surface area contributed by atoms with Crippen LogP contribution in [-0.2, 0) is 17.8 Å². The van der Waals surface area contributed by atoms with Crippen LogP contribution >= 0.6 is 11.8 Å². The Morgan fingerprint density at radius 3 is 2.71 bits per heavy atom. The van der Waals surface area contributed by atoms with E-state index < -0.39 is 0 Å². The molecule has 0 atom stereocenters. The van der Waals surface area contributed by atoms with Gasteiger partial charge in [0.05, 0.1) is 5.75 Å². The fourth-order valence-corrected chi connectivity index (χ4v) is 5.39. The van der Waals surface area contributed by atoms with Crippen LogP contribution in [0.25, 0.3) is 10.9 Å². The molecule has 1 aliphatic rings. The lowest BCUT2D eigenvalue weighted by Gasteiger charge is -2.16. The summed E-state index contributed by atoms with van der Waals surface area (Å²) < 4.78 is 2.31. The number of aromatic nitrogens is 1. The van der Waals surface area contributed by atoms with E-state index in [1.165, 1.54) is 38.1 Å². The Morgan fingerprint density at radius 2 is 1.81 bits per heavy atom. The van der Waals surface area contributed by atoms with Crippen molar-refractivity contribution in [1.29, 1.82) is 0 Å². The van der Waals surface area contributed by atoms with Gasteiger partial charge in [-0.25, -0.2) is 0 Å². The molecule has 4 aromatic rings. The van der Waals surface area contributed by atoms with Gasteiger partial charge in [0.25, 0.3) is 0 Å². The first-order chi connectivity index (χ1) is 15.1. The molecule has 0 saturated carbocycles. The number of carbonyl (C=O) groups excluding carboxylic acids is 1. The van der Waals surface area contributed by atoms with Gasteiger partial charge in [0.2, 0.25) is 5.91 Å². The van der Waals surface area contributed by atoms with Gasteiger partial charge in [0.1, 0.15) is 0 Å². The van der Waals surface area contributed by atoms with Gasteiger partial charge < -0.3 is 9.47 Å². The largest absolute Gasteiger partial charge is 0.342 e. The van der Waals surface area contributed by atoms with Crippen molar-refractivity contribution < 1.29 is 4.79 Å². The molecule has 0 aliphatic carbocycles. The summed E-state index contributed by atoms with van der Waals surface area (Å²) >= 11 is 1.65. The van der Waals surface area contributed by atoms with Crippen LogP contribution in [0.5, 0.6) is 0 Å². The number of rotatable bonds is 5. The highest BCUT2D eigenvalue weighted by atomic mass is 32.2. The molecule has 31 heavy (non-hydrogen) atoms. The summed E-state index contributed by atoms with van der Waals surface area (Å²) in [6.45, 7) is 5.93. The predicted octanol–water partition coefficient (Wildman–Crippen LogP) is 5.99. The molecule has 0 fully saturated rings. The van der Waals surface area contributed by atoms with Crippen LogP contribution in [0.1, 0.15) is 22.3 Å². The minimum Gasteiger partial charge on any atom is -0.342 e. The summed E-state index contributed by atoms with van der Waals surface area (Å²) in [4.78, 5) is 16.1. The van der Waals surface area contributed by atoms with Crippen molar-refractivity contribution in [2.75, 3.05) is 17.2 Å². The number of nitrogens with zero attached hydrogens (tertiary/aromatic N) is 2. The van der Waals surface area contributed by atoms with E-state index in [1.807, 2.05) is 17.0 Å². The summed E-state index contributed by atoms with van der Waals surface area (Å²) in [6, 6.07) is 23.4. The monoisotopic (exact) mass is 426 g/mol. The molecule has 1 aromatic heterocycles. The van der Waals surface area contributed by atoms with Gasteiger partial charge in [0, 0.05) is 40.8 Å². The summed E-state index contributed by atoms with van der Waals surface area (Å²) in [5, 5.41) is 1.22. The zero-order valence-electron chi connectivity index (χ0n) is 18.0. The third-order valence-electron chi connectivity index (χ3n) is 6.14. The second-order valence-corrected chi connectivity index (χ2v) is 9.30. The van der Waals surface area contributed by atoms with Gasteiger partial charge in [-0.3, -0.25) is 4.79 Å². The van der Waals surface area contributed by atoms with Crippen LogP contribution in [0.4, 0.5) is 5.69 Å². The molecule has 0 radical (unpaired) electrons. The van der Waals surface area contributed by atoms with Gasteiger partial charge in [-0.05, 0) is 49.1 Å². The molecule has 1 aliphatic heterocycles. The number of para-hydroxylation sites is 2. The Hall–Kier alpha value is -2.98. The van der Waals surface area contributed by atoms with E-state index in [4.69, 9.17) is 0 Å². The maximum atomic E-state index is 13.0. The van der Waals surface area contributed by atoms with Crippen LogP contribution in [0.3, 0.4) is 0 Å². The summed E-state index contributed by atoms with van der Waals surface area (Å²) in [7, 11) is 0. The predicted molar refractivity (Wildman–Crippen MR) is 130 cm³/mol. The quantitative estimate of drug-likeness (QED) is 0.366. The zero-order valence-corrected chi connectivity index (χ0v) is 18.8. The average Bonchev–Trinajstić information content (AvgIpc) is 3.37. The third kappa shape index (κ3) is 3.88. The molecular weight excluding hydrogens is 400 g/mol. The molecule has 3 nitrogen and oxygen atoms in total. The van der Waals surface area contributed by atoms with E-state index in [0.717, 1.165) is 25.2 Å². The summed E-state index contributed by atoms with van der Waals surface area (Å²) in [6.07, 6.45) is 3.16. The van der Waals surface area contributed by atoms with E-state index >= 15 is 0 Å². The maximum Gasteiger partial charge on any atom is 0.237 e. The number of carbonyl (C=O) groups is 1. The second kappa shape index (κ2) is 8.27. The highest BCUT2D eigenvalue weighted by Crippen LogP contribution is 2.33. The molecule has 5 rings (SSSR count). The van der Waals surface area contributed by atoms with Gasteiger partial charge in [-0.2, -0.15) is 0 Å². The van der Waals surface area contributed by atoms with E-state index in [1.54, 1.807) is 11.8 Å². The van der Waals surface area contributed by atoms with Crippen LogP contribution < -0.4 is 4.90 Å². The number of anilines is 1. The van der Waals surface area contributed by atoms with Gasteiger partial charge in [0.15, 0.2) is 0 Å². The van der Waals surface area contributed by atoms with Crippen LogP contribution in [0.15, 0.2) is 77.8 Å². The Kier molecular flexibility index (Phi) is 5.33. The van der Waals surface area contributed by atoms with Crippen molar-refractivity contribution in [1.82, 2.24) is 4.57 Å². The number of hydrogen-bond donors (Lipinski definition) is 0. The Morgan fingerprint density at radius 1 is 1.00 bits per heavy atom. The highest BCUT2D eigenvalue weighted by Gasteiger charge is 2.24. The summed E-state index contributed by atoms with van der Waals surface area (Å²) in [5.41, 5.74) is 7.48. The Bertz CT molecular complexity index is 1270. The van der Waals surface area contributed by atoms with Crippen molar-refractivity contribution in [2.24, 2.45) is 0 Å². The van der Waals surface area contributed by atoms with Crippen LogP contribution in [-0.4, -0.2) is 22.8 Å². The molecule has 0 spiro atoms. The maximum absolute atomic E-state index is 13.0. The lowest BCUT2D eigenvalue weighted by molar-refractivity contribution is -0.116. The van der Waals surface area contributed by atoms with Crippen molar-refractivity contribution >= 4 is 34.3 Å². The average molecular weight is 427 g/mol. The normalized spacial score (nSPS) is 13.0. The van der Waals surface area contributed by atoms with Crippen molar-refractivity contribution in [3.05, 3.63) is 95.2 Å². The molecule has 0 saturated heterocycles. The molecule has 4 heteroatoms. The van der Waals surface area contributed by atoms with Crippen molar-refractivity contribution in [2.45, 2.75) is 31.7 Å². The van der Waals surface area contributed by atoms with Crippen LogP contribution in [0, 0.1) is 13.8 Å². The minimum atomic E-state index is 0.182. The molecule has 156 valence electrons. The lowest BCUT2D eigenvalue weighted by Crippen LogP contribution is -2.30. The van der Waals surface area contributed by atoms with E-state index in [2.05, 4.69) is 79.2 Å². The molecule has 1 amide bonds. The Balaban J connectivity index is 1.38. The standard InChI is InChI=1S/C27H26N2OS/c1-19-11-12-20(2)22(15-19)16-28-17-26(23-8-4-6-10-25(23)28)31-18-27(30)29-14-13-21-7-3-5-9-24(21)29/h3-12,15,17H,13-14,16,18H2,1-2H3.